The molecule has 0 saturated carbocycles. The highest BCUT2D eigenvalue weighted by molar-refractivity contribution is 8.07. The molecule has 3 aromatic rings. The molecule has 4 N–H and O–H groups in total. The first-order valence-electron chi connectivity index (χ1n) is 10.6. The number of aliphatic hydroxyl groups is 2. The van der Waals surface area contributed by atoms with Gasteiger partial charge in [0.2, 0.25) is 0 Å². The lowest BCUT2D eigenvalue weighted by Crippen LogP contribution is -2.16. The van der Waals surface area contributed by atoms with Crippen LogP contribution >= 0.6 is 23.5 Å². The lowest BCUT2D eigenvalue weighted by Gasteiger charge is -2.22. The number of rotatable bonds is 11. The van der Waals surface area contributed by atoms with Crippen molar-refractivity contribution in [1.82, 2.24) is 0 Å². The number of hydrogen-bond donors (Lipinski definition) is 4. The van der Waals surface area contributed by atoms with Crippen molar-refractivity contribution in [2.24, 2.45) is 0 Å². The maximum Gasteiger partial charge on any atom is 0.322 e. The molecule has 0 saturated heterocycles. The third kappa shape index (κ3) is 4.65. The molecule has 0 spiro atoms. The molecule has 0 aliphatic heterocycles. The number of benzene rings is 3. The van der Waals surface area contributed by atoms with Gasteiger partial charge < -0.3 is 20.6 Å². The Labute approximate surface area is 189 Å². The quantitative estimate of drug-likeness (QED) is 0.257. The van der Waals surface area contributed by atoms with Crippen LogP contribution in [0.3, 0.4) is 0 Å². The predicted octanol–water partition coefficient (Wildman–Crippen LogP) is 3.85. The average molecular weight is 458 g/mol. The summed E-state index contributed by atoms with van der Waals surface area (Å²) in [5.74, 6) is 0.824. The van der Waals surface area contributed by atoms with E-state index in [4.69, 9.17) is 5.11 Å². The van der Waals surface area contributed by atoms with Crippen LogP contribution in [0.4, 0.5) is 5.69 Å². The minimum Gasteiger partial charge on any atom is -0.480 e. The van der Waals surface area contributed by atoms with E-state index in [2.05, 4.69) is 29.6 Å². The Bertz CT molecular complexity index is 1160. The van der Waals surface area contributed by atoms with Gasteiger partial charge in [0.1, 0.15) is 6.54 Å². The maximum absolute atomic E-state index is 11.2. The van der Waals surface area contributed by atoms with E-state index in [0.29, 0.717) is 6.42 Å². The number of carboxylic acids is 1. The summed E-state index contributed by atoms with van der Waals surface area (Å²) in [6.45, 7) is 0.238. The van der Waals surface area contributed by atoms with Crippen molar-refractivity contribution in [3.63, 3.8) is 0 Å². The fourth-order valence-corrected chi connectivity index (χ4v) is 6.31. The first-order valence-corrected chi connectivity index (χ1v) is 12.6. The Morgan fingerprint density at radius 3 is 2.42 bits per heavy atom. The monoisotopic (exact) mass is 457 g/mol. The topological polar surface area (TPSA) is 89.8 Å². The lowest BCUT2D eigenvalue weighted by molar-refractivity contribution is -0.134. The number of aryl methyl sites for hydroxylation is 1. The van der Waals surface area contributed by atoms with Gasteiger partial charge >= 0.3 is 5.97 Å². The van der Waals surface area contributed by atoms with Crippen LogP contribution in [0.15, 0.2) is 35.2 Å². The molecule has 7 heteroatoms. The Kier molecular flexibility index (Phi) is 7.27. The van der Waals surface area contributed by atoms with E-state index in [-0.39, 0.29) is 19.8 Å². The number of aliphatic carboxylic acids is 1. The molecule has 0 bridgehead atoms. The number of aliphatic hydroxyl groups excluding tert-OH is 2. The smallest absolute Gasteiger partial charge is 0.322 e. The molecule has 164 valence electrons. The highest BCUT2D eigenvalue weighted by atomic mass is 32.2. The number of carbonyl (C=O) groups is 1. The van der Waals surface area contributed by atoms with Crippen LogP contribution in [0.5, 0.6) is 0 Å². The lowest BCUT2D eigenvalue weighted by atomic mass is 9.89. The molecule has 0 fully saturated rings. The zero-order chi connectivity index (χ0) is 21.8. The van der Waals surface area contributed by atoms with Gasteiger partial charge in [0, 0.05) is 40.3 Å². The standard InChI is InChI=1S/C24H27NO4S2/c26-9-1-11-30-20-8-4-15-3-5-18-21(31-12-2-10-27)13-19(25-14-22(28)29)16-6-7-17(20)23(15)24(16)18/h3,5-7,13,25-27H,1-2,4,8-12,14H2,(H,28,29). The highest BCUT2D eigenvalue weighted by Gasteiger charge is 2.19. The van der Waals surface area contributed by atoms with Crippen molar-refractivity contribution in [2.45, 2.75) is 30.6 Å². The Morgan fingerprint density at radius 1 is 0.935 bits per heavy atom. The van der Waals surface area contributed by atoms with E-state index in [1.807, 2.05) is 17.8 Å². The SMILES string of the molecule is O=C(O)CNc1cc(SCCCO)c2ccc3c4c(ccc1c24)=C(SCCCO)CC3. The maximum atomic E-state index is 11.2. The summed E-state index contributed by atoms with van der Waals surface area (Å²) in [5.41, 5.74) is 2.17. The van der Waals surface area contributed by atoms with E-state index in [1.54, 1.807) is 11.8 Å². The zero-order valence-corrected chi connectivity index (χ0v) is 19.0. The molecule has 0 aromatic heterocycles. The van der Waals surface area contributed by atoms with Gasteiger partial charge in [0.25, 0.3) is 0 Å². The van der Waals surface area contributed by atoms with E-state index in [0.717, 1.165) is 46.7 Å². The first kappa shape index (κ1) is 22.3. The van der Waals surface area contributed by atoms with Gasteiger partial charge in [0.05, 0.1) is 0 Å². The number of anilines is 1. The fraction of sp³-hybridized carbons (Fsp3) is 0.375. The molecule has 0 unspecified atom stereocenters. The van der Waals surface area contributed by atoms with Gasteiger partial charge in [-0.3, -0.25) is 4.79 Å². The number of hydrogen-bond acceptors (Lipinski definition) is 6. The van der Waals surface area contributed by atoms with Crippen molar-refractivity contribution < 1.29 is 20.1 Å². The van der Waals surface area contributed by atoms with Gasteiger partial charge in [0.15, 0.2) is 0 Å². The summed E-state index contributed by atoms with van der Waals surface area (Å²) < 4.78 is 0. The van der Waals surface area contributed by atoms with Crippen LogP contribution in [-0.4, -0.2) is 52.6 Å². The average Bonchev–Trinajstić information content (AvgIpc) is 2.77. The summed E-state index contributed by atoms with van der Waals surface area (Å²) in [4.78, 5) is 13.7. The van der Waals surface area contributed by atoms with Gasteiger partial charge in [-0.15, -0.1) is 23.5 Å². The van der Waals surface area contributed by atoms with Crippen LogP contribution in [-0.2, 0) is 11.2 Å². The van der Waals surface area contributed by atoms with Crippen molar-refractivity contribution >= 4 is 61.6 Å². The summed E-state index contributed by atoms with van der Waals surface area (Å²) in [6.07, 6.45) is 3.50. The molecular weight excluding hydrogens is 430 g/mol. The summed E-state index contributed by atoms with van der Waals surface area (Å²) in [6, 6.07) is 10.8. The highest BCUT2D eigenvalue weighted by Crippen LogP contribution is 2.41. The third-order valence-corrected chi connectivity index (χ3v) is 7.98. The fourth-order valence-electron chi connectivity index (χ4n) is 4.20. The van der Waals surface area contributed by atoms with Crippen molar-refractivity contribution in [1.29, 1.82) is 0 Å². The van der Waals surface area contributed by atoms with Crippen LogP contribution in [0.2, 0.25) is 0 Å². The second-order valence-electron chi connectivity index (χ2n) is 7.63. The minimum atomic E-state index is -0.889. The molecule has 0 atom stereocenters. The minimum absolute atomic E-state index is 0.132. The van der Waals surface area contributed by atoms with Crippen LogP contribution in [0, 0.1) is 0 Å². The Hall–Kier alpha value is -1.93. The molecule has 4 rings (SSSR count). The number of nitrogens with one attached hydrogen (secondary N) is 1. The van der Waals surface area contributed by atoms with Gasteiger partial charge in [-0.25, -0.2) is 0 Å². The molecule has 31 heavy (non-hydrogen) atoms. The Balaban J connectivity index is 1.93. The van der Waals surface area contributed by atoms with E-state index in [1.165, 1.54) is 31.8 Å². The molecule has 0 radical (unpaired) electrons. The summed E-state index contributed by atoms with van der Waals surface area (Å²) in [7, 11) is 0. The molecular formula is C24H27NO4S2. The summed E-state index contributed by atoms with van der Waals surface area (Å²) >= 11 is 3.54. The van der Waals surface area contributed by atoms with Crippen LogP contribution in [0.25, 0.3) is 26.5 Å². The largest absolute Gasteiger partial charge is 0.480 e. The summed E-state index contributed by atoms with van der Waals surface area (Å²) in [5, 5.41) is 36.6. The van der Waals surface area contributed by atoms with E-state index < -0.39 is 5.97 Å². The zero-order valence-electron chi connectivity index (χ0n) is 17.3. The van der Waals surface area contributed by atoms with Crippen LogP contribution < -0.4 is 10.5 Å². The van der Waals surface area contributed by atoms with Crippen molar-refractivity contribution in [2.75, 3.05) is 36.6 Å². The molecule has 5 nitrogen and oxygen atoms in total. The predicted molar refractivity (Wildman–Crippen MR) is 131 cm³/mol. The van der Waals surface area contributed by atoms with Crippen molar-refractivity contribution in [3.05, 3.63) is 41.1 Å². The molecule has 0 amide bonds. The van der Waals surface area contributed by atoms with Gasteiger partial charge in [-0.2, -0.15) is 0 Å². The van der Waals surface area contributed by atoms with Gasteiger partial charge in [-0.05, 0) is 64.0 Å². The normalized spacial score (nSPS) is 13.3. The molecule has 1 aliphatic carbocycles. The number of carboxylic acid groups (broad SMARTS) is 1. The number of thioether (sulfide) groups is 2. The molecule has 0 heterocycles. The second-order valence-corrected chi connectivity index (χ2v) is 9.95. The van der Waals surface area contributed by atoms with Crippen molar-refractivity contribution in [3.8, 4) is 0 Å². The second kappa shape index (κ2) is 10.1. The molecule has 1 aliphatic rings. The van der Waals surface area contributed by atoms with Crippen LogP contribution in [0.1, 0.15) is 24.8 Å². The van der Waals surface area contributed by atoms with E-state index >= 15 is 0 Å². The molecule has 3 aromatic carbocycles. The third-order valence-electron chi connectivity index (χ3n) is 5.57. The van der Waals surface area contributed by atoms with Gasteiger partial charge in [-0.1, -0.05) is 24.3 Å². The van der Waals surface area contributed by atoms with E-state index in [9.17, 15) is 15.0 Å². The first-order chi connectivity index (χ1) is 15.1. The Morgan fingerprint density at radius 2 is 1.68 bits per heavy atom.